The van der Waals surface area contributed by atoms with Gasteiger partial charge in [-0.15, -0.1) is 11.3 Å². The van der Waals surface area contributed by atoms with E-state index in [1.807, 2.05) is 0 Å². The fourth-order valence-electron chi connectivity index (χ4n) is 3.06. The van der Waals surface area contributed by atoms with E-state index in [-0.39, 0.29) is 50.2 Å². The third-order valence-electron chi connectivity index (χ3n) is 4.71. The molecule has 180 valence electrons. The highest BCUT2D eigenvalue weighted by atomic mass is 32.1. The number of hydrogen-bond donors (Lipinski definition) is 2. The molecule has 0 aliphatic rings. The molecule has 0 saturated heterocycles. The maximum atomic E-state index is 12.9. The second kappa shape index (κ2) is 10.5. The molecule has 13 heteroatoms. The molecule has 0 spiro atoms. The molecule has 35 heavy (non-hydrogen) atoms. The van der Waals surface area contributed by atoms with Crippen LogP contribution in [-0.4, -0.2) is 34.2 Å². The predicted octanol–water partition coefficient (Wildman–Crippen LogP) is 4.55. The summed E-state index contributed by atoms with van der Waals surface area (Å²) in [5.41, 5.74) is 0.0895. The topological polar surface area (TPSA) is 171 Å². The Morgan fingerprint density at radius 3 is 2.20 bits per heavy atom. The smallest absolute Gasteiger partial charge is 0.341 e. The van der Waals surface area contributed by atoms with Gasteiger partial charge < -0.3 is 15.4 Å². The number of amides is 2. The number of non-ortho nitro benzene ring substituents is 2. The summed E-state index contributed by atoms with van der Waals surface area (Å²) in [5.74, 6) is -2.05. The van der Waals surface area contributed by atoms with Crippen molar-refractivity contribution in [3.05, 3.63) is 90.3 Å². The van der Waals surface area contributed by atoms with E-state index in [1.54, 1.807) is 6.92 Å². The van der Waals surface area contributed by atoms with Gasteiger partial charge in [-0.05, 0) is 37.6 Å². The maximum Gasteiger partial charge on any atom is 0.341 e. The Balaban J connectivity index is 1.92. The fraction of sp³-hybridized carbons (Fsp3) is 0.136. The number of carbonyl (C=O) groups excluding carboxylic acids is 3. The first-order chi connectivity index (χ1) is 16.6. The summed E-state index contributed by atoms with van der Waals surface area (Å²) in [4.78, 5) is 58.9. The van der Waals surface area contributed by atoms with Crippen LogP contribution in [0.15, 0.2) is 48.5 Å². The number of rotatable bonds is 8. The Morgan fingerprint density at radius 2 is 1.60 bits per heavy atom. The molecule has 0 aliphatic carbocycles. The van der Waals surface area contributed by atoms with Gasteiger partial charge in [0.15, 0.2) is 0 Å². The molecule has 2 aromatic carbocycles. The van der Waals surface area contributed by atoms with Crippen LogP contribution in [0.25, 0.3) is 0 Å². The second-order valence-corrected chi connectivity index (χ2v) is 8.02. The van der Waals surface area contributed by atoms with E-state index in [4.69, 9.17) is 4.74 Å². The van der Waals surface area contributed by atoms with Crippen molar-refractivity contribution in [2.24, 2.45) is 0 Å². The van der Waals surface area contributed by atoms with Crippen molar-refractivity contribution in [3.63, 3.8) is 0 Å². The van der Waals surface area contributed by atoms with E-state index in [1.165, 1.54) is 55.5 Å². The van der Waals surface area contributed by atoms with E-state index in [0.717, 1.165) is 11.3 Å². The largest absolute Gasteiger partial charge is 0.462 e. The highest BCUT2D eigenvalue weighted by Gasteiger charge is 2.27. The van der Waals surface area contributed by atoms with E-state index in [2.05, 4.69) is 10.6 Å². The molecule has 0 bridgehead atoms. The van der Waals surface area contributed by atoms with Crippen LogP contribution in [0, 0.1) is 27.2 Å². The number of esters is 1. The SMILES string of the molecule is CCOC(=O)c1c(NC(=O)c2ccc([N+](=O)[O-])cc2)sc(C(=O)Nc2cccc([N+](=O)[O-])c2)c1C. The van der Waals surface area contributed by atoms with Gasteiger partial charge >= 0.3 is 5.97 Å². The van der Waals surface area contributed by atoms with Gasteiger partial charge in [0, 0.05) is 35.5 Å². The zero-order valence-electron chi connectivity index (χ0n) is 18.4. The standard InChI is InChI=1S/C22H18N4O8S/c1-3-34-22(29)17-12(2)18(20(28)23-14-5-4-6-16(11-14)26(32)33)35-21(17)24-19(27)13-7-9-15(10-8-13)25(30)31/h4-11H,3H2,1-2H3,(H,23,28)(H,24,27). The number of hydrogen-bond acceptors (Lipinski definition) is 9. The number of ether oxygens (including phenoxy) is 1. The number of nitro benzene ring substituents is 2. The molecule has 12 nitrogen and oxygen atoms in total. The first kappa shape index (κ1) is 25.0. The molecule has 0 atom stereocenters. The van der Waals surface area contributed by atoms with Crippen molar-refractivity contribution in [1.29, 1.82) is 0 Å². The lowest BCUT2D eigenvalue weighted by atomic mass is 10.1. The lowest BCUT2D eigenvalue weighted by Gasteiger charge is -2.07. The van der Waals surface area contributed by atoms with Crippen molar-refractivity contribution < 1.29 is 29.0 Å². The fourth-order valence-corrected chi connectivity index (χ4v) is 4.15. The average molecular weight is 498 g/mol. The first-order valence-corrected chi connectivity index (χ1v) is 10.9. The quantitative estimate of drug-likeness (QED) is 0.259. The Morgan fingerprint density at radius 1 is 0.943 bits per heavy atom. The molecule has 3 aromatic rings. The molecule has 3 rings (SSSR count). The molecule has 0 saturated carbocycles. The highest BCUT2D eigenvalue weighted by Crippen LogP contribution is 2.35. The Bertz CT molecular complexity index is 1330. The van der Waals surface area contributed by atoms with Gasteiger partial charge in [-0.3, -0.25) is 29.8 Å². The average Bonchev–Trinajstić information content (AvgIpc) is 3.15. The van der Waals surface area contributed by atoms with Crippen molar-refractivity contribution in [1.82, 2.24) is 0 Å². The van der Waals surface area contributed by atoms with Gasteiger partial charge in [-0.1, -0.05) is 6.07 Å². The molecule has 0 aliphatic heterocycles. The number of thiophene rings is 1. The zero-order valence-corrected chi connectivity index (χ0v) is 19.2. The van der Waals surface area contributed by atoms with E-state index in [9.17, 15) is 34.6 Å². The Kier molecular flexibility index (Phi) is 7.51. The van der Waals surface area contributed by atoms with Crippen LogP contribution in [0.1, 0.15) is 42.9 Å². The van der Waals surface area contributed by atoms with Gasteiger partial charge in [0.2, 0.25) is 0 Å². The van der Waals surface area contributed by atoms with Gasteiger partial charge in [0.05, 0.1) is 26.9 Å². The highest BCUT2D eigenvalue weighted by molar-refractivity contribution is 7.19. The summed E-state index contributed by atoms with van der Waals surface area (Å²) in [6, 6.07) is 10.2. The summed E-state index contributed by atoms with van der Waals surface area (Å²) in [5, 5.41) is 27.0. The normalized spacial score (nSPS) is 10.3. The van der Waals surface area contributed by atoms with Crippen LogP contribution in [0.3, 0.4) is 0 Å². The minimum Gasteiger partial charge on any atom is -0.462 e. The third kappa shape index (κ3) is 5.65. The van der Waals surface area contributed by atoms with Crippen LogP contribution in [0.5, 0.6) is 0 Å². The molecular weight excluding hydrogens is 480 g/mol. The summed E-state index contributed by atoms with van der Waals surface area (Å²) < 4.78 is 5.07. The van der Waals surface area contributed by atoms with Crippen LogP contribution >= 0.6 is 11.3 Å². The van der Waals surface area contributed by atoms with Gasteiger partial charge in [0.25, 0.3) is 23.2 Å². The van der Waals surface area contributed by atoms with Gasteiger partial charge in [-0.25, -0.2) is 4.79 Å². The summed E-state index contributed by atoms with van der Waals surface area (Å²) in [6.45, 7) is 3.16. The lowest BCUT2D eigenvalue weighted by Crippen LogP contribution is -2.15. The van der Waals surface area contributed by atoms with E-state index < -0.39 is 27.6 Å². The molecular formula is C22H18N4O8S. The number of nitro groups is 2. The number of nitrogens with one attached hydrogen (secondary N) is 2. The molecule has 0 unspecified atom stereocenters. The van der Waals surface area contributed by atoms with Crippen molar-refractivity contribution in [2.45, 2.75) is 13.8 Å². The van der Waals surface area contributed by atoms with E-state index >= 15 is 0 Å². The first-order valence-electron chi connectivity index (χ1n) is 10.0. The number of nitrogens with zero attached hydrogens (tertiary/aromatic N) is 2. The second-order valence-electron chi connectivity index (χ2n) is 7.00. The molecule has 0 fully saturated rings. The number of benzene rings is 2. The van der Waals surface area contributed by atoms with Crippen LogP contribution in [-0.2, 0) is 4.74 Å². The van der Waals surface area contributed by atoms with Crippen molar-refractivity contribution >= 4 is 51.2 Å². The Labute approximate surface area is 201 Å². The number of anilines is 2. The lowest BCUT2D eigenvalue weighted by molar-refractivity contribution is -0.385. The monoisotopic (exact) mass is 498 g/mol. The minimum atomic E-state index is -0.755. The summed E-state index contributed by atoms with van der Waals surface area (Å²) in [6.07, 6.45) is 0. The van der Waals surface area contributed by atoms with Gasteiger partial charge in [0.1, 0.15) is 5.00 Å². The molecule has 1 heterocycles. The minimum absolute atomic E-state index is 0.0173. The summed E-state index contributed by atoms with van der Waals surface area (Å²) >= 11 is 0.822. The summed E-state index contributed by atoms with van der Waals surface area (Å²) in [7, 11) is 0. The number of carbonyl (C=O) groups is 3. The van der Waals surface area contributed by atoms with Gasteiger partial charge in [-0.2, -0.15) is 0 Å². The molecule has 2 N–H and O–H groups in total. The van der Waals surface area contributed by atoms with Crippen LogP contribution in [0.2, 0.25) is 0 Å². The van der Waals surface area contributed by atoms with Crippen molar-refractivity contribution in [2.75, 3.05) is 17.2 Å². The molecule has 2 amide bonds. The van der Waals surface area contributed by atoms with Crippen LogP contribution < -0.4 is 10.6 Å². The molecule has 0 radical (unpaired) electrons. The predicted molar refractivity (Wildman–Crippen MR) is 127 cm³/mol. The third-order valence-corrected chi connectivity index (χ3v) is 5.92. The Hall–Kier alpha value is -4.65. The van der Waals surface area contributed by atoms with Crippen molar-refractivity contribution in [3.8, 4) is 0 Å². The molecule has 1 aromatic heterocycles. The maximum absolute atomic E-state index is 12.9. The van der Waals surface area contributed by atoms with Crippen LogP contribution in [0.4, 0.5) is 22.1 Å². The van der Waals surface area contributed by atoms with E-state index in [0.29, 0.717) is 0 Å². The zero-order chi connectivity index (χ0) is 25.7.